The summed E-state index contributed by atoms with van der Waals surface area (Å²) in [7, 11) is 3.18. The van der Waals surface area contributed by atoms with Crippen LogP contribution < -0.4 is 14.8 Å². The molecule has 1 amide bonds. The molecule has 2 aromatic carbocycles. The van der Waals surface area contributed by atoms with Crippen molar-refractivity contribution in [3.8, 4) is 22.8 Å². The maximum atomic E-state index is 13.8. The fourth-order valence-electron chi connectivity index (χ4n) is 4.82. The fourth-order valence-corrected chi connectivity index (χ4v) is 6.10. The Labute approximate surface area is 225 Å². The molecule has 0 radical (unpaired) electrons. The number of carbonyl (C=O) groups is 2. The first-order chi connectivity index (χ1) is 18.4. The number of aryl methyl sites for hydroxylation is 1. The smallest absolute Gasteiger partial charge is 0.341 e. The van der Waals surface area contributed by atoms with Gasteiger partial charge in [-0.25, -0.2) is 9.78 Å². The molecule has 0 fully saturated rings. The molecular weight excluding hydrogens is 500 g/mol. The van der Waals surface area contributed by atoms with Crippen LogP contribution in [0.15, 0.2) is 48.5 Å². The number of ether oxygens (including phenoxy) is 3. The van der Waals surface area contributed by atoms with E-state index in [1.807, 2.05) is 50.2 Å². The van der Waals surface area contributed by atoms with E-state index < -0.39 is 5.97 Å². The molecular formula is C30H30N2O5S. The average molecular weight is 531 g/mol. The van der Waals surface area contributed by atoms with Gasteiger partial charge in [-0.1, -0.05) is 18.2 Å². The highest BCUT2D eigenvalue weighted by atomic mass is 32.1. The van der Waals surface area contributed by atoms with Crippen molar-refractivity contribution in [1.29, 1.82) is 0 Å². The van der Waals surface area contributed by atoms with Crippen molar-refractivity contribution >= 4 is 39.1 Å². The van der Waals surface area contributed by atoms with Crippen molar-refractivity contribution in [2.75, 3.05) is 19.5 Å². The van der Waals surface area contributed by atoms with Crippen LogP contribution in [-0.4, -0.2) is 37.2 Å². The van der Waals surface area contributed by atoms with E-state index in [0.29, 0.717) is 44.2 Å². The number of anilines is 1. The number of nitrogens with zero attached hydrogens (tertiary/aromatic N) is 1. The zero-order valence-electron chi connectivity index (χ0n) is 21.9. The molecule has 2 aromatic heterocycles. The van der Waals surface area contributed by atoms with Crippen molar-refractivity contribution in [2.45, 2.75) is 45.6 Å². The number of methoxy groups -OCH3 is 2. The van der Waals surface area contributed by atoms with E-state index >= 15 is 0 Å². The lowest BCUT2D eigenvalue weighted by Crippen LogP contribution is -2.18. The summed E-state index contributed by atoms with van der Waals surface area (Å²) in [5.74, 6) is 0.544. The van der Waals surface area contributed by atoms with Crippen LogP contribution in [0.4, 0.5) is 5.00 Å². The van der Waals surface area contributed by atoms with Gasteiger partial charge >= 0.3 is 5.97 Å². The van der Waals surface area contributed by atoms with E-state index in [2.05, 4.69) is 5.32 Å². The molecule has 1 N–H and O–H groups in total. The molecule has 8 heteroatoms. The monoisotopic (exact) mass is 530 g/mol. The minimum atomic E-state index is -0.391. The van der Waals surface area contributed by atoms with E-state index in [-0.39, 0.29) is 12.0 Å². The molecule has 4 aromatic rings. The zero-order chi connectivity index (χ0) is 26.8. The molecule has 7 nitrogen and oxygen atoms in total. The Bertz CT molecular complexity index is 1520. The van der Waals surface area contributed by atoms with Crippen LogP contribution in [0.2, 0.25) is 0 Å². The Kier molecular flexibility index (Phi) is 7.33. The number of esters is 1. The molecule has 1 aliphatic rings. The van der Waals surface area contributed by atoms with Crippen molar-refractivity contribution < 1.29 is 23.8 Å². The normalized spacial score (nSPS) is 12.8. The highest BCUT2D eigenvalue weighted by Gasteiger charge is 2.28. The Morgan fingerprint density at radius 1 is 1.00 bits per heavy atom. The Morgan fingerprint density at radius 2 is 1.79 bits per heavy atom. The van der Waals surface area contributed by atoms with E-state index in [1.54, 1.807) is 26.4 Å². The summed E-state index contributed by atoms with van der Waals surface area (Å²) in [4.78, 5) is 32.9. The molecule has 0 saturated heterocycles. The van der Waals surface area contributed by atoms with Gasteiger partial charge in [0.25, 0.3) is 5.91 Å². The fraction of sp³-hybridized carbons (Fsp3) is 0.300. The topological polar surface area (TPSA) is 86.8 Å². The predicted octanol–water partition coefficient (Wildman–Crippen LogP) is 6.68. The van der Waals surface area contributed by atoms with Gasteiger partial charge in [-0.3, -0.25) is 4.79 Å². The van der Waals surface area contributed by atoms with Gasteiger partial charge in [0.15, 0.2) is 0 Å². The number of hydrogen-bond acceptors (Lipinski definition) is 7. The van der Waals surface area contributed by atoms with E-state index in [1.165, 1.54) is 11.3 Å². The van der Waals surface area contributed by atoms with Crippen molar-refractivity contribution in [3.05, 3.63) is 70.1 Å². The number of para-hydroxylation sites is 1. The predicted molar refractivity (Wildman–Crippen MR) is 150 cm³/mol. The zero-order valence-corrected chi connectivity index (χ0v) is 22.7. The van der Waals surface area contributed by atoms with Gasteiger partial charge in [0.1, 0.15) is 16.5 Å². The van der Waals surface area contributed by atoms with Crippen LogP contribution in [0.3, 0.4) is 0 Å². The molecule has 0 saturated carbocycles. The van der Waals surface area contributed by atoms with Crippen LogP contribution in [0.25, 0.3) is 22.2 Å². The SMILES string of the molecule is COc1ccc(-c2cc(C(=O)Nc3sc4c(c3C(=O)OC(C)C)CCCC4)c3ccccc3n2)c(OC)c1. The summed E-state index contributed by atoms with van der Waals surface area (Å²) < 4.78 is 16.5. The molecule has 0 bridgehead atoms. The number of thiophene rings is 1. The van der Waals surface area contributed by atoms with Gasteiger partial charge in [-0.2, -0.15) is 0 Å². The lowest BCUT2D eigenvalue weighted by Gasteiger charge is -2.15. The van der Waals surface area contributed by atoms with Crippen LogP contribution in [-0.2, 0) is 17.6 Å². The summed E-state index contributed by atoms with van der Waals surface area (Å²) in [5, 5.41) is 4.31. The van der Waals surface area contributed by atoms with Gasteiger partial charge in [-0.05, 0) is 69.4 Å². The minimum absolute atomic E-state index is 0.253. The second-order valence-corrected chi connectivity index (χ2v) is 10.6. The van der Waals surface area contributed by atoms with Crippen LogP contribution in [0.5, 0.6) is 11.5 Å². The van der Waals surface area contributed by atoms with Gasteiger partial charge in [0.2, 0.25) is 0 Å². The largest absolute Gasteiger partial charge is 0.497 e. The van der Waals surface area contributed by atoms with Gasteiger partial charge in [0.05, 0.1) is 42.7 Å². The number of benzene rings is 2. The Morgan fingerprint density at radius 3 is 2.55 bits per heavy atom. The number of carbonyl (C=O) groups excluding carboxylic acids is 2. The number of hydrogen-bond donors (Lipinski definition) is 1. The first kappa shape index (κ1) is 25.7. The highest BCUT2D eigenvalue weighted by molar-refractivity contribution is 7.17. The summed E-state index contributed by atoms with van der Waals surface area (Å²) >= 11 is 1.47. The number of amides is 1. The quantitative estimate of drug-likeness (QED) is 0.268. The summed E-state index contributed by atoms with van der Waals surface area (Å²) in [6.45, 7) is 3.65. The maximum Gasteiger partial charge on any atom is 0.341 e. The van der Waals surface area contributed by atoms with Crippen molar-refractivity contribution in [2.24, 2.45) is 0 Å². The number of fused-ring (bicyclic) bond motifs is 2. The summed E-state index contributed by atoms with van der Waals surface area (Å²) in [6, 6.07) is 14.8. The van der Waals surface area contributed by atoms with Crippen LogP contribution in [0.1, 0.15) is 57.8 Å². The van der Waals surface area contributed by atoms with Gasteiger partial charge in [-0.15, -0.1) is 11.3 Å². The van der Waals surface area contributed by atoms with Crippen molar-refractivity contribution in [1.82, 2.24) is 4.98 Å². The molecule has 196 valence electrons. The maximum absolute atomic E-state index is 13.8. The van der Waals surface area contributed by atoms with E-state index in [4.69, 9.17) is 19.2 Å². The molecule has 0 atom stereocenters. The average Bonchev–Trinajstić information content (AvgIpc) is 3.29. The first-order valence-electron chi connectivity index (χ1n) is 12.7. The molecule has 0 aliphatic heterocycles. The Hall–Kier alpha value is -3.91. The van der Waals surface area contributed by atoms with E-state index in [9.17, 15) is 9.59 Å². The molecule has 38 heavy (non-hydrogen) atoms. The lowest BCUT2D eigenvalue weighted by molar-refractivity contribution is 0.0378. The van der Waals surface area contributed by atoms with Gasteiger partial charge in [0, 0.05) is 21.9 Å². The standard InChI is InChI=1S/C30H30N2O5S/c1-17(2)37-30(34)27-21-10-6-8-12-26(21)38-29(27)32-28(33)22-16-24(31-23-11-7-5-9-19(22)23)20-14-13-18(35-3)15-25(20)36-4/h5,7,9,11,13-17H,6,8,10,12H2,1-4H3,(H,32,33). The van der Waals surface area contributed by atoms with Crippen LogP contribution >= 0.6 is 11.3 Å². The van der Waals surface area contributed by atoms with Crippen molar-refractivity contribution in [3.63, 3.8) is 0 Å². The summed E-state index contributed by atoms with van der Waals surface area (Å²) in [5.41, 5.74) is 3.96. The second-order valence-electron chi connectivity index (χ2n) is 9.46. The molecule has 0 unspecified atom stereocenters. The van der Waals surface area contributed by atoms with Gasteiger partial charge < -0.3 is 19.5 Å². The number of aromatic nitrogens is 1. The van der Waals surface area contributed by atoms with Crippen LogP contribution in [0, 0.1) is 0 Å². The molecule has 5 rings (SSSR count). The lowest BCUT2D eigenvalue weighted by atomic mass is 9.95. The van der Waals surface area contributed by atoms with E-state index in [0.717, 1.165) is 41.7 Å². The molecule has 1 aliphatic carbocycles. The Balaban J connectivity index is 1.59. The third-order valence-corrected chi connectivity index (χ3v) is 7.80. The molecule has 2 heterocycles. The minimum Gasteiger partial charge on any atom is -0.497 e. The number of nitrogens with one attached hydrogen (secondary N) is 1. The second kappa shape index (κ2) is 10.8. The third kappa shape index (κ3) is 4.96. The number of pyridine rings is 1. The third-order valence-electron chi connectivity index (χ3n) is 6.59. The number of rotatable bonds is 7. The molecule has 0 spiro atoms. The highest BCUT2D eigenvalue weighted by Crippen LogP contribution is 2.40. The first-order valence-corrected chi connectivity index (χ1v) is 13.5. The summed E-state index contributed by atoms with van der Waals surface area (Å²) in [6.07, 6.45) is 3.54.